The summed E-state index contributed by atoms with van der Waals surface area (Å²) in [5.74, 6) is -0.762. The number of aryl methyl sites for hydroxylation is 2. The molecule has 31 heavy (non-hydrogen) atoms. The fraction of sp³-hybridized carbons (Fsp3) is 0.0769. The van der Waals surface area contributed by atoms with Crippen LogP contribution in [0.2, 0.25) is 5.02 Å². The maximum absolute atomic E-state index is 13.2. The van der Waals surface area contributed by atoms with Crippen molar-refractivity contribution in [3.63, 3.8) is 0 Å². The summed E-state index contributed by atoms with van der Waals surface area (Å²) in [5.41, 5.74) is 3.27. The van der Waals surface area contributed by atoms with Gasteiger partial charge in [-0.3, -0.25) is 4.79 Å². The van der Waals surface area contributed by atoms with Crippen LogP contribution in [0, 0.1) is 13.8 Å². The van der Waals surface area contributed by atoms with Crippen LogP contribution in [0.25, 0.3) is 28.4 Å². The van der Waals surface area contributed by atoms with Crippen molar-refractivity contribution >= 4 is 34.6 Å². The highest BCUT2D eigenvalue weighted by molar-refractivity contribution is 6.33. The maximum Gasteiger partial charge on any atom is 0.336 e. The van der Waals surface area contributed by atoms with Gasteiger partial charge < -0.3 is 9.15 Å². The fourth-order valence-electron chi connectivity index (χ4n) is 3.18. The molecule has 1 aromatic heterocycles. The third-order valence-electron chi connectivity index (χ3n) is 4.81. The van der Waals surface area contributed by atoms with Gasteiger partial charge in [0.1, 0.15) is 5.58 Å². The van der Waals surface area contributed by atoms with E-state index in [1.54, 1.807) is 42.5 Å². The molecule has 4 rings (SSSR count). The lowest BCUT2D eigenvalue weighted by molar-refractivity contribution is -0.129. The Hall–Kier alpha value is -3.63. The standard InChI is InChI=1S/C26H19ClO4/c1-16-7-10-18(11-8-16)12-14-23(28)31-26-24(29)20-15-17(2)9-13-22(20)30-25(26)19-5-3-4-6-21(19)27/h3-15H,1-2H3/b14-12+. The molecule has 0 aliphatic heterocycles. The maximum atomic E-state index is 13.2. The molecule has 0 saturated carbocycles. The zero-order valence-corrected chi connectivity index (χ0v) is 17.8. The highest BCUT2D eigenvalue weighted by Gasteiger charge is 2.21. The third kappa shape index (κ3) is 4.44. The van der Waals surface area contributed by atoms with Crippen molar-refractivity contribution in [2.75, 3.05) is 0 Å². The molecule has 0 spiro atoms. The zero-order valence-electron chi connectivity index (χ0n) is 17.0. The first kappa shape index (κ1) is 20.6. The lowest BCUT2D eigenvalue weighted by atomic mass is 10.1. The van der Waals surface area contributed by atoms with Gasteiger partial charge in [0.05, 0.1) is 10.4 Å². The van der Waals surface area contributed by atoms with E-state index in [9.17, 15) is 9.59 Å². The second-order valence-electron chi connectivity index (χ2n) is 7.23. The van der Waals surface area contributed by atoms with Crippen LogP contribution >= 0.6 is 11.6 Å². The SMILES string of the molecule is Cc1ccc(/C=C/C(=O)Oc2c(-c3ccccc3Cl)oc3ccc(C)cc3c2=O)cc1. The smallest absolute Gasteiger partial charge is 0.336 e. The van der Waals surface area contributed by atoms with Crippen LogP contribution in [0.5, 0.6) is 5.75 Å². The van der Waals surface area contributed by atoms with Gasteiger partial charge in [-0.15, -0.1) is 0 Å². The van der Waals surface area contributed by atoms with Gasteiger partial charge in [0, 0.05) is 11.6 Å². The van der Waals surface area contributed by atoms with Crippen molar-refractivity contribution in [3.8, 4) is 17.1 Å². The summed E-state index contributed by atoms with van der Waals surface area (Å²) < 4.78 is 11.5. The topological polar surface area (TPSA) is 56.5 Å². The van der Waals surface area contributed by atoms with Crippen LogP contribution in [0.15, 0.2) is 82.0 Å². The average Bonchev–Trinajstić information content (AvgIpc) is 2.76. The van der Waals surface area contributed by atoms with Crippen LogP contribution in [0.4, 0.5) is 0 Å². The molecule has 4 aromatic rings. The van der Waals surface area contributed by atoms with Gasteiger partial charge >= 0.3 is 5.97 Å². The molecule has 0 atom stereocenters. The second kappa shape index (κ2) is 8.62. The van der Waals surface area contributed by atoms with E-state index >= 15 is 0 Å². The summed E-state index contributed by atoms with van der Waals surface area (Å²) in [4.78, 5) is 25.8. The van der Waals surface area contributed by atoms with Gasteiger partial charge in [0.2, 0.25) is 11.2 Å². The van der Waals surface area contributed by atoms with Crippen LogP contribution in [-0.4, -0.2) is 5.97 Å². The summed E-state index contributed by atoms with van der Waals surface area (Å²) >= 11 is 6.33. The number of fused-ring (bicyclic) bond motifs is 1. The lowest BCUT2D eigenvalue weighted by Crippen LogP contribution is -2.14. The minimum atomic E-state index is -0.687. The Morgan fingerprint density at radius 3 is 2.42 bits per heavy atom. The Morgan fingerprint density at radius 2 is 1.68 bits per heavy atom. The molecule has 0 bridgehead atoms. The molecule has 4 nitrogen and oxygen atoms in total. The Balaban J connectivity index is 1.79. The van der Waals surface area contributed by atoms with Gasteiger partial charge in [-0.25, -0.2) is 4.79 Å². The number of ether oxygens (including phenoxy) is 1. The number of carbonyl (C=O) groups excluding carboxylic acids is 1. The summed E-state index contributed by atoms with van der Waals surface area (Å²) in [6.45, 7) is 3.86. The Morgan fingerprint density at radius 1 is 0.968 bits per heavy atom. The van der Waals surface area contributed by atoms with Crippen molar-refractivity contribution in [3.05, 3.63) is 105 Å². The first-order valence-electron chi connectivity index (χ1n) is 9.71. The number of rotatable bonds is 4. The van der Waals surface area contributed by atoms with Crippen LogP contribution in [-0.2, 0) is 4.79 Å². The number of carbonyl (C=O) groups is 1. The van der Waals surface area contributed by atoms with E-state index < -0.39 is 11.4 Å². The highest BCUT2D eigenvalue weighted by atomic mass is 35.5. The molecule has 1 heterocycles. The molecule has 5 heteroatoms. The van der Waals surface area contributed by atoms with E-state index in [2.05, 4.69) is 0 Å². The first-order chi connectivity index (χ1) is 14.9. The van der Waals surface area contributed by atoms with Crippen LogP contribution in [0.3, 0.4) is 0 Å². The molecule has 154 valence electrons. The van der Waals surface area contributed by atoms with E-state index in [0.29, 0.717) is 21.6 Å². The van der Waals surface area contributed by atoms with Gasteiger partial charge in [0.25, 0.3) is 0 Å². The fourth-order valence-corrected chi connectivity index (χ4v) is 3.41. The lowest BCUT2D eigenvalue weighted by Gasteiger charge is -2.11. The van der Waals surface area contributed by atoms with Gasteiger partial charge in [-0.1, -0.05) is 65.2 Å². The number of esters is 1. The Bertz CT molecular complexity index is 1360. The molecule has 0 amide bonds. The normalized spacial score (nSPS) is 11.2. The summed E-state index contributed by atoms with van der Waals surface area (Å²) in [6.07, 6.45) is 2.91. The summed E-state index contributed by atoms with van der Waals surface area (Å²) in [7, 11) is 0. The molecule has 0 unspecified atom stereocenters. The molecule has 0 fully saturated rings. The van der Waals surface area contributed by atoms with Crippen LogP contribution < -0.4 is 10.2 Å². The zero-order chi connectivity index (χ0) is 22.0. The van der Waals surface area contributed by atoms with Crippen molar-refractivity contribution in [2.24, 2.45) is 0 Å². The van der Waals surface area contributed by atoms with E-state index in [-0.39, 0.29) is 11.5 Å². The predicted octanol–water partition coefficient (Wildman–Crippen LogP) is 6.35. The second-order valence-corrected chi connectivity index (χ2v) is 7.64. The minimum absolute atomic E-state index is 0.115. The molecule has 0 N–H and O–H groups in total. The predicted molar refractivity (Wildman–Crippen MR) is 124 cm³/mol. The Kier molecular flexibility index (Phi) is 5.74. The first-order valence-corrected chi connectivity index (χ1v) is 10.1. The summed E-state index contributed by atoms with van der Waals surface area (Å²) in [5, 5.41) is 0.714. The number of benzene rings is 3. The van der Waals surface area contributed by atoms with Crippen molar-refractivity contribution in [1.29, 1.82) is 0 Å². The van der Waals surface area contributed by atoms with Crippen LogP contribution in [0.1, 0.15) is 16.7 Å². The molecule has 0 aliphatic rings. The number of halogens is 1. The van der Waals surface area contributed by atoms with E-state index in [4.69, 9.17) is 20.8 Å². The van der Waals surface area contributed by atoms with Crippen molar-refractivity contribution in [1.82, 2.24) is 0 Å². The molecule has 0 saturated heterocycles. The molecule has 0 radical (unpaired) electrons. The summed E-state index contributed by atoms with van der Waals surface area (Å²) in [6, 6.07) is 19.9. The quantitative estimate of drug-likeness (QED) is 0.279. The molecule has 0 aliphatic carbocycles. The molecular weight excluding hydrogens is 412 g/mol. The van der Waals surface area contributed by atoms with Crippen molar-refractivity contribution < 1.29 is 13.9 Å². The number of hydrogen-bond donors (Lipinski definition) is 0. The highest BCUT2D eigenvalue weighted by Crippen LogP contribution is 2.35. The van der Waals surface area contributed by atoms with Gasteiger partial charge in [-0.05, 0) is 49.8 Å². The van der Waals surface area contributed by atoms with E-state index in [1.807, 2.05) is 44.2 Å². The van der Waals surface area contributed by atoms with E-state index in [0.717, 1.165) is 16.7 Å². The van der Waals surface area contributed by atoms with Crippen molar-refractivity contribution in [2.45, 2.75) is 13.8 Å². The van der Waals surface area contributed by atoms with Gasteiger partial charge in [0.15, 0.2) is 5.76 Å². The molecule has 3 aromatic carbocycles. The molecular formula is C26H19ClO4. The largest absolute Gasteiger partial charge is 0.452 e. The minimum Gasteiger partial charge on any atom is -0.452 e. The Labute approximate surface area is 184 Å². The van der Waals surface area contributed by atoms with Gasteiger partial charge in [-0.2, -0.15) is 0 Å². The number of hydrogen-bond acceptors (Lipinski definition) is 4. The third-order valence-corrected chi connectivity index (χ3v) is 5.14. The van der Waals surface area contributed by atoms with E-state index in [1.165, 1.54) is 6.08 Å². The monoisotopic (exact) mass is 430 g/mol. The average molecular weight is 431 g/mol.